The fraction of sp³-hybridized carbons (Fsp3) is 0.143. The number of ether oxygens (including phenoxy) is 1. The van der Waals surface area contributed by atoms with Gasteiger partial charge in [-0.05, 0) is 48.9 Å². The van der Waals surface area contributed by atoms with Crippen molar-refractivity contribution in [3.05, 3.63) is 72.6 Å². The van der Waals surface area contributed by atoms with Crippen molar-refractivity contribution in [1.29, 1.82) is 0 Å². The van der Waals surface area contributed by atoms with Crippen LogP contribution in [-0.2, 0) is 9.59 Å². The Kier molecular flexibility index (Phi) is 5.35. The van der Waals surface area contributed by atoms with Crippen LogP contribution in [0.2, 0.25) is 0 Å². The molecule has 1 aliphatic heterocycles. The lowest BCUT2D eigenvalue weighted by Gasteiger charge is -2.32. The summed E-state index contributed by atoms with van der Waals surface area (Å²) in [5, 5.41) is 2.74. The van der Waals surface area contributed by atoms with Crippen molar-refractivity contribution < 1.29 is 18.7 Å². The number of benzene rings is 2. The van der Waals surface area contributed by atoms with Crippen LogP contribution >= 0.6 is 0 Å². The van der Waals surface area contributed by atoms with Crippen molar-refractivity contribution in [3.63, 3.8) is 0 Å². The van der Waals surface area contributed by atoms with E-state index in [1.165, 1.54) is 18.2 Å². The summed E-state index contributed by atoms with van der Waals surface area (Å²) in [4.78, 5) is 26.0. The van der Waals surface area contributed by atoms with Gasteiger partial charge >= 0.3 is 0 Å². The third kappa shape index (κ3) is 4.23. The molecule has 138 valence electrons. The molecule has 2 amide bonds. The second-order valence-corrected chi connectivity index (χ2v) is 6.05. The first-order chi connectivity index (χ1) is 13.0. The van der Waals surface area contributed by atoms with Gasteiger partial charge in [-0.2, -0.15) is 0 Å². The minimum atomic E-state index is -0.573. The molecular weight excluding hydrogens is 347 g/mol. The average molecular weight is 366 g/mol. The van der Waals surface area contributed by atoms with Crippen LogP contribution in [0.5, 0.6) is 5.75 Å². The van der Waals surface area contributed by atoms with E-state index in [4.69, 9.17) is 4.74 Å². The van der Waals surface area contributed by atoms with Gasteiger partial charge in [0.1, 0.15) is 11.6 Å². The summed E-state index contributed by atoms with van der Waals surface area (Å²) < 4.78 is 18.5. The van der Waals surface area contributed by atoms with Crippen LogP contribution in [0.4, 0.5) is 15.8 Å². The first-order valence-corrected chi connectivity index (χ1v) is 8.45. The van der Waals surface area contributed by atoms with E-state index in [2.05, 4.69) is 11.9 Å². The van der Waals surface area contributed by atoms with Crippen molar-refractivity contribution in [2.24, 2.45) is 0 Å². The van der Waals surface area contributed by atoms with Crippen LogP contribution in [0.25, 0.3) is 6.08 Å². The van der Waals surface area contributed by atoms with E-state index < -0.39 is 6.10 Å². The SMILES string of the molecule is C=CCN1C(=O)C(C)Oc2ccc(NC(=O)/C=C/c3ccc(F)cc3)cc21. The quantitative estimate of drug-likeness (QED) is 0.647. The first-order valence-electron chi connectivity index (χ1n) is 8.45. The van der Waals surface area contributed by atoms with Crippen LogP contribution in [0, 0.1) is 5.82 Å². The van der Waals surface area contributed by atoms with Gasteiger partial charge in [-0.15, -0.1) is 6.58 Å². The maximum Gasteiger partial charge on any atom is 0.268 e. The van der Waals surface area contributed by atoms with E-state index in [9.17, 15) is 14.0 Å². The zero-order valence-electron chi connectivity index (χ0n) is 14.8. The number of hydrogen-bond donors (Lipinski definition) is 1. The lowest BCUT2D eigenvalue weighted by Crippen LogP contribution is -2.44. The van der Waals surface area contributed by atoms with Gasteiger partial charge in [0.2, 0.25) is 5.91 Å². The molecule has 0 saturated heterocycles. The molecule has 0 aromatic heterocycles. The Bertz CT molecular complexity index is 906. The van der Waals surface area contributed by atoms with E-state index in [1.54, 1.807) is 54.3 Å². The summed E-state index contributed by atoms with van der Waals surface area (Å²) >= 11 is 0. The second kappa shape index (κ2) is 7.86. The number of amides is 2. The molecule has 1 N–H and O–H groups in total. The molecule has 2 aromatic rings. The smallest absolute Gasteiger partial charge is 0.268 e. The zero-order chi connectivity index (χ0) is 19.4. The molecule has 1 atom stereocenters. The van der Waals surface area contributed by atoms with Crippen molar-refractivity contribution in [3.8, 4) is 5.75 Å². The second-order valence-electron chi connectivity index (χ2n) is 6.05. The van der Waals surface area contributed by atoms with Gasteiger partial charge in [0.15, 0.2) is 6.10 Å². The number of halogens is 1. The molecule has 0 bridgehead atoms. The molecule has 1 unspecified atom stereocenters. The highest BCUT2D eigenvalue weighted by Gasteiger charge is 2.30. The van der Waals surface area contributed by atoms with E-state index in [-0.39, 0.29) is 17.6 Å². The molecule has 0 radical (unpaired) electrons. The number of hydrogen-bond acceptors (Lipinski definition) is 3. The van der Waals surface area contributed by atoms with E-state index in [0.29, 0.717) is 29.2 Å². The molecule has 0 fully saturated rings. The van der Waals surface area contributed by atoms with E-state index in [1.807, 2.05) is 0 Å². The fourth-order valence-electron chi connectivity index (χ4n) is 2.73. The van der Waals surface area contributed by atoms with Crippen molar-refractivity contribution >= 4 is 29.3 Å². The minimum Gasteiger partial charge on any atom is -0.479 e. The average Bonchev–Trinajstić information content (AvgIpc) is 2.65. The number of nitrogens with one attached hydrogen (secondary N) is 1. The Morgan fingerprint density at radius 3 is 2.74 bits per heavy atom. The molecule has 0 saturated carbocycles. The summed E-state index contributed by atoms with van der Waals surface area (Å²) in [6.07, 6.45) is 4.01. The van der Waals surface area contributed by atoms with Gasteiger partial charge in [0, 0.05) is 18.3 Å². The highest BCUT2D eigenvalue weighted by atomic mass is 19.1. The lowest BCUT2D eigenvalue weighted by molar-refractivity contribution is -0.125. The van der Waals surface area contributed by atoms with Gasteiger partial charge in [0.05, 0.1) is 5.69 Å². The van der Waals surface area contributed by atoms with Crippen molar-refractivity contribution in [2.75, 3.05) is 16.8 Å². The predicted octanol–water partition coefficient (Wildman–Crippen LogP) is 3.78. The highest BCUT2D eigenvalue weighted by molar-refractivity contribution is 6.04. The molecule has 27 heavy (non-hydrogen) atoms. The Morgan fingerprint density at radius 1 is 1.30 bits per heavy atom. The summed E-state index contributed by atoms with van der Waals surface area (Å²) in [6, 6.07) is 10.9. The molecule has 0 aliphatic carbocycles. The van der Waals surface area contributed by atoms with Crippen LogP contribution in [0.3, 0.4) is 0 Å². The molecule has 6 heteroatoms. The van der Waals surface area contributed by atoms with Crippen molar-refractivity contribution in [2.45, 2.75) is 13.0 Å². The fourth-order valence-corrected chi connectivity index (χ4v) is 2.73. The molecule has 3 rings (SSSR count). The maximum absolute atomic E-state index is 12.9. The van der Waals surface area contributed by atoms with Gasteiger partial charge in [0.25, 0.3) is 5.91 Å². The highest BCUT2D eigenvalue weighted by Crippen LogP contribution is 2.36. The molecular formula is C21H19FN2O3. The number of nitrogens with zero attached hydrogens (tertiary/aromatic N) is 1. The van der Waals surface area contributed by atoms with Crippen LogP contribution in [0.1, 0.15) is 12.5 Å². The molecule has 2 aromatic carbocycles. The van der Waals surface area contributed by atoms with Gasteiger partial charge in [-0.25, -0.2) is 4.39 Å². The van der Waals surface area contributed by atoms with Gasteiger partial charge < -0.3 is 15.0 Å². The van der Waals surface area contributed by atoms with Gasteiger partial charge in [-0.1, -0.05) is 18.2 Å². The standard InChI is InChI=1S/C21H19FN2O3/c1-3-12-24-18-13-17(9-10-19(18)27-14(2)21(24)26)23-20(25)11-6-15-4-7-16(22)8-5-15/h3-11,13-14H,1,12H2,2H3,(H,23,25)/b11-6+. The Balaban J connectivity index is 1.76. The number of carbonyl (C=O) groups is 2. The summed E-state index contributed by atoms with van der Waals surface area (Å²) in [6.45, 7) is 5.72. The predicted molar refractivity (Wildman–Crippen MR) is 103 cm³/mol. The Hall–Kier alpha value is -3.41. The summed E-state index contributed by atoms with van der Waals surface area (Å²) in [5.74, 6) is -0.266. The number of rotatable bonds is 5. The molecule has 5 nitrogen and oxygen atoms in total. The van der Waals surface area contributed by atoms with E-state index in [0.717, 1.165) is 0 Å². The number of carbonyl (C=O) groups excluding carboxylic acids is 2. The third-order valence-electron chi connectivity index (χ3n) is 4.04. The summed E-state index contributed by atoms with van der Waals surface area (Å²) in [7, 11) is 0. The topological polar surface area (TPSA) is 58.6 Å². The Labute approximate surface area is 156 Å². The molecule has 0 spiro atoms. The maximum atomic E-state index is 12.9. The van der Waals surface area contributed by atoms with Crippen LogP contribution < -0.4 is 15.0 Å². The lowest BCUT2D eigenvalue weighted by atomic mass is 10.1. The van der Waals surface area contributed by atoms with Crippen LogP contribution in [-0.4, -0.2) is 24.5 Å². The third-order valence-corrected chi connectivity index (χ3v) is 4.04. The number of anilines is 2. The van der Waals surface area contributed by atoms with Gasteiger partial charge in [-0.3, -0.25) is 9.59 Å². The van der Waals surface area contributed by atoms with E-state index >= 15 is 0 Å². The molecule has 1 aliphatic rings. The van der Waals surface area contributed by atoms with Crippen molar-refractivity contribution in [1.82, 2.24) is 0 Å². The zero-order valence-corrected chi connectivity index (χ0v) is 14.8. The Morgan fingerprint density at radius 2 is 2.04 bits per heavy atom. The summed E-state index contributed by atoms with van der Waals surface area (Å²) in [5.41, 5.74) is 1.82. The normalized spacial score (nSPS) is 16.0. The monoisotopic (exact) mass is 366 g/mol. The minimum absolute atomic E-state index is 0.165. The molecule has 1 heterocycles. The largest absolute Gasteiger partial charge is 0.479 e. The van der Waals surface area contributed by atoms with Crippen LogP contribution in [0.15, 0.2) is 61.2 Å². The first kappa shape index (κ1) is 18.4. The number of fused-ring (bicyclic) bond motifs is 1.